The second-order valence-corrected chi connectivity index (χ2v) is 5.65. The molecular formula is C17H22N4. The highest BCUT2D eigenvalue weighted by atomic mass is 15.1. The maximum absolute atomic E-state index is 4.75. The summed E-state index contributed by atoms with van der Waals surface area (Å²) in [5.41, 5.74) is 3.39. The lowest BCUT2D eigenvalue weighted by molar-refractivity contribution is 0.918. The van der Waals surface area contributed by atoms with Gasteiger partial charge in [-0.1, -0.05) is 18.2 Å². The molecule has 1 aliphatic rings. The first-order chi connectivity index (χ1) is 10.2. The summed E-state index contributed by atoms with van der Waals surface area (Å²) in [4.78, 5) is 9.44. The van der Waals surface area contributed by atoms with Crippen molar-refractivity contribution in [3.63, 3.8) is 0 Å². The van der Waals surface area contributed by atoms with Gasteiger partial charge in [0.25, 0.3) is 0 Å². The number of hydrogen-bond donors (Lipinski definition) is 2. The van der Waals surface area contributed by atoms with Crippen LogP contribution >= 0.6 is 0 Å². The van der Waals surface area contributed by atoms with Gasteiger partial charge < -0.3 is 10.6 Å². The summed E-state index contributed by atoms with van der Waals surface area (Å²) in [6.07, 6.45) is 2.41. The predicted molar refractivity (Wildman–Crippen MR) is 87.4 cm³/mol. The lowest BCUT2D eigenvalue weighted by Gasteiger charge is -2.15. The number of nitrogens with zero attached hydrogens (tertiary/aromatic N) is 2. The van der Waals surface area contributed by atoms with E-state index in [9.17, 15) is 0 Å². The van der Waals surface area contributed by atoms with Gasteiger partial charge in [-0.25, -0.2) is 9.97 Å². The van der Waals surface area contributed by atoms with E-state index in [1.54, 1.807) is 0 Å². The number of para-hydroxylation sites is 1. The summed E-state index contributed by atoms with van der Waals surface area (Å²) in [7, 11) is 0. The van der Waals surface area contributed by atoms with Gasteiger partial charge in [0, 0.05) is 23.7 Å². The van der Waals surface area contributed by atoms with E-state index in [1.807, 2.05) is 12.1 Å². The molecule has 0 saturated heterocycles. The Bertz CT molecular complexity index is 647. The summed E-state index contributed by atoms with van der Waals surface area (Å²) < 4.78 is 0. The Hall–Kier alpha value is -2.10. The minimum absolute atomic E-state index is 0.542. The molecule has 1 heterocycles. The SMILES string of the molecule is CCNc1nc(C2CC2)nc(Nc2ccccc2C)c1C. The van der Waals surface area contributed by atoms with Gasteiger partial charge in [-0.15, -0.1) is 0 Å². The van der Waals surface area contributed by atoms with Crippen LogP contribution in [0.3, 0.4) is 0 Å². The molecule has 1 saturated carbocycles. The number of rotatable bonds is 5. The summed E-state index contributed by atoms with van der Waals surface area (Å²) in [5, 5.41) is 6.82. The number of aryl methyl sites for hydroxylation is 1. The molecule has 0 unspecified atom stereocenters. The van der Waals surface area contributed by atoms with Gasteiger partial charge in [0.1, 0.15) is 17.5 Å². The van der Waals surface area contributed by atoms with Crippen LogP contribution in [0.2, 0.25) is 0 Å². The molecule has 4 nitrogen and oxygen atoms in total. The monoisotopic (exact) mass is 282 g/mol. The Morgan fingerprint density at radius 1 is 1.10 bits per heavy atom. The molecule has 1 fully saturated rings. The lowest BCUT2D eigenvalue weighted by atomic mass is 10.2. The van der Waals surface area contributed by atoms with E-state index in [4.69, 9.17) is 4.98 Å². The second-order valence-electron chi connectivity index (χ2n) is 5.65. The average molecular weight is 282 g/mol. The van der Waals surface area contributed by atoms with Crippen molar-refractivity contribution < 1.29 is 0 Å². The molecule has 0 amide bonds. The molecule has 0 bridgehead atoms. The number of hydrogen-bond acceptors (Lipinski definition) is 4. The quantitative estimate of drug-likeness (QED) is 0.865. The zero-order chi connectivity index (χ0) is 14.8. The highest BCUT2D eigenvalue weighted by Gasteiger charge is 2.28. The highest BCUT2D eigenvalue weighted by molar-refractivity contribution is 5.66. The third kappa shape index (κ3) is 2.99. The van der Waals surface area contributed by atoms with Crippen LogP contribution in [-0.4, -0.2) is 16.5 Å². The normalized spacial score (nSPS) is 14.0. The first-order valence-corrected chi connectivity index (χ1v) is 7.64. The van der Waals surface area contributed by atoms with Crippen LogP contribution in [0.25, 0.3) is 0 Å². The number of anilines is 3. The average Bonchev–Trinajstić information content (AvgIpc) is 3.30. The number of aromatic nitrogens is 2. The first kappa shape index (κ1) is 13.9. The molecule has 1 aromatic carbocycles. The molecule has 2 aromatic rings. The summed E-state index contributed by atoms with van der Waals surface area (Å²) >= 11 is 0. The molecule has 1 aliphatic carbocycles. The maximum Gasteiger partial charge on any atom is 0.139 e. The zero-order valence-electron chi connectivity index (χ0n) is 12.9. The molecule has 21 heavy (non-hydrogen) atoms. The molecule has 0 spiro atoms. The number of nitrogens with one attached hydrogen (secondary N) is 2. The summed E-state index contributed by atoms with van der Waals surface area (Å²) in [6.45, 7) is 7.12. The standard InChI is InChI=1S/C17H22N4/c1-4-18-15-12(3)16(21-17(20-15)13-9-10-13)19-14-8-6-5-7-11(14)2/h5-8,13H,4,9-10H2,1-3H3,(H2,18,19,20,21). The largest absolute Gasteiger partial charge is 0.370 e. The van der Waals surface area contributed by atoms with E-state index in [0.717, 1.165) is 35.3 Å². The van der Waals surface area contributed by atoms with Crippen molar-refractivity contribution >= 4 is 17.3 Å². The first-order valence-electron chi connectivity index (χ1n) is 7.64. The fraction of sp³-hybridized carbons (Fsp3) is 0.412. The molecule has 0 atom stereocenters. The molecule has 1 aromatic heterocycles. The van der Waals surface area contributed by atoms with Crippen LogP contribution in [0, 0.1) is 13.8 Å². The van der Waals surface area contributed by atoms with E-state index >= 15 is 0 Å². The van der Waals surface area contributed by atoms with Crippen molar-refractivity contribution in [2.24, 2.45) is 0 Å². The predicted octanol–water partition coefficient (Wildman–Crippen LogP) is 4.15. The van der Waals surface area contributed by atoms with Crippen LogP contribution < -0.4 is 10.6 Å². The Morgan fingerprint density at radius 2 is 1.81 bits per heavy atom. The van der Waals surface area contributed by atoms with Crippen molar-refractivity contribution in [1.82, 2.24) is 9.97 Å². The number of benzene rings is 1. The molecule has 0 aliphatic heterocycles. The smallest absolute Gasteiger partial charge is 0.139 e. The minimum atomic E-state index is 0.542. The molecule has 110 valence electrons. The van der Waals surface area contributed by atoms with Gasteiger partial charge in [0.05, 0.1) is 0 Å². The highest BCUT2D eigenvalue weighted by Crippen LogP contribution is 2.40. The van der Waals surface area contributed by atoms with Gasteiger partial charge in [-0.3, -0.25) is 0 Å². The van der Waals surface area contributed by atoms with E-state index in [1.165, 1.54) is 18.4 Å². The van der Waals surface area contributed by atoms with Crippen molar-refractivity contribution in [1.29, 1.82) is 0 Å². The molecular weight excluding hydrogens is 260 g/mol. The third-order valence-corrected chi connectivity index (χ3v) is 3.85. The van der Waals surface area contributed by atoms with Gasteiger partial charge >= 0.3 is 0 Å². The Balaban J connectivity index is 1.98. The minimum Gasteiger partial charge on any atom is -0.370 e. The van der Waals surface area contributed by atoms with Crippen molar-refractivity contribution in [2.75, 3.05) is 17.2 Å². The van der Waals surface area contributed by atoms with Crippen LogP contribution in [0.5, 0.6) is 0 Å². The van der Waals surface area contributed by atoms with E-state index in [0.29, 0.717) is 5.92 Å². The van der Waals surface area contributed by atoms with Crippen LogP contribution in [-0.2, 0) is 0 Å². The third-order valence-electron chi connectivity index (χ3n) is 3.85. The summed E-state index contributed by atoms with van der Waals surface area (Å²) in [6, 6.07) is 8.28. The molecule has 2 N–H and O–H groups in total. The van der Waals surface area contributed by atoms with Crippen LogP contribution in [0.1, 0.15) is 42.6 Å². The van der Waals surface area contributed by atoms with Gasteiger partial charge in [0.2, 0.25) is 0 Å². The Morgan fingerprint density at radius 3 is 2.48 bits per heavy atom. The maximum atomic E-state index is 4.75. The van der Waals surface area contributed by atoms with Gasteiger partial charge in [0.15, 0.2) is 0 Å². The fourth-order valence-electron chi connectivity index (χ4n) is 2.36. The van der Waals surface area contributed by atoms with Gasteiger partial charge in [-0.05, 0) is 45.2 Å². The van der Waals surface area contributed by atoms with Crippen molar-refractivity contribution in [3.05, 3.63) is 41.2 Å². The van der Waals surface area contributed by atoms with Crippen molar-refractivity contribution in [2.45, 2.75) is 39.5 Å². The Labute approximate surface area is 126 Å². The summed E-state index contributed by atoms with van der Waals surface area (Å²) in [5.74, 6) is 3.37. The van der Waals surface area contributed by atoms with Crippen LogP contribution in [0.4, 0.5) is 17.3 Å². The van der Waals surface area contributed by atoms with E-state index < -0.39 is 0 Å². The Kier molecular flexibility index (Phi) is 3.78. The fourth-order valence-corrected chi connectivity index (χ4v) is 2.36. The van der Waals surface area contributed by atoms with Gasteiger partial charge in [-0.2, -0.15) is 0 Å². The van der Waals surface area contributed by atoms with Crippen molar-refractivity contribution in [3.8, 4) is 0 Å². The second kappa shape index (κ2) is 5.72. The molecule has 3 rings (SSSR count). The topological polar surface area (TPSA) is 49.8 Å². The van der Waals surface area contributed by atoms with Crippen LogP contribution in [0.15, 0.2) is 24.3 Å². The van der Waals surface area contributed by atoms with E-state index in [2.05, 4.69) is 48.5 Å². The molecule has 4 heteroatoms. The van der Waals surface area contributed by atoms with E-state index in [-0.39, 0.29) is 0 Å². The zero-order valence-corrected chi connectivity index (χ0v) is 12.9. The lowest BCUT2D eigenvalue weighted by Crippen LogP contribution is -2.09. The molecule has 0 radical (unpaired) electrons.